The molecule has 0 saturated carbocycles. The first-order valence-corrected chi connectivity index (χ1v) is 7.92. The number of nitrogens with zero attached hydrogens (tertiary/aromatic N) is 1. The van der Waals surface area contributed by atoms with Crippen LogP contribution in [0, 0.1) is 0 Å². The van der Waals surface area contributed by atoms with Crippen LogP contribution in [0.4, 0.5) is 0 Å². The molecule has 106 valence electrons. The fraction of sp³-hybridized carbons (Fsp3) is 0.500. The van der Waals surface area contributed by atoms with E-state index in [0.717, 1.165) is 6.26 Å². The van der Waals surface area contributed by atoms with Crippen molar-refractivity contribution in [3.8, 4) is 5.88 Å². The SMILES string of the molecule is CC(C)Oc1ccc(C(=O)NCCS(C)(=O)=O)cn1. The molecular formula is C12H18N2O4S. The molecule has 0 aliphatic rings. The third-order valence-electron chi connectivity index (χ3n) is 2.11. The molecule has 0 aromatic carbocycles. The molecule has 1 aromatic rings. The average Bonchev–Trinajstić information content (AvgIpc) is 2.27. The summed E-state index contributed by atoms with van der Waals surface area (Å²) in [6, 6.07) is 3.19. The maximum Gasteiger partial charge on any atom is 0.252 e. The summed E-state index contributed by atoms with van der Waals surface area (Å²) >= 11 is 0. The van der Waals surface area contributed by atoms with Gasteiger partial charge < -0.3 is 10.1 Å². The third kappa shape index (κ3) is 6.19. The quantitative estimate of drug-likeness (QED) is 0.829. The van der Waals surface area contributed by atoms with Crippen LogP contribution >= 0.6 is 0 Å². The van der Waals surface area contributed by atoms with E-state index in [1.165, 1.54) is 6.20 Å². The second-order valence-electron chi connectivity index (χ2n) is 4.44. The number of amides is 1. The van der Waals surface area contributed by atoms with E-state index >= 15 is 0 Å². The van der Waals surface area contributed by atoms with Crippen molar-refractivity contribution in [2.75, 3.05) is 18.6 Å². The van der Waals surface area contributed by atoms with Crippen LogP contribution in [0.15, 0.2) is 18.3 Å². The minimum atomic E-state index is -3.07. The van der Waals surface area contributed by atoms with Gasteiger partial charge in [-0.1, -0.05) is 0 Å². The van der Waals surface area contributed by atoms with Gasteiger partial charge in [0.25, 0.3) is 5.91 Å². The predicted octanol–water partition coefficient (Wildman–Crippen LogP) is 0.643. The zero-order chi connectivity index (χ0) is 14.5. The third-order valence-corrected chi connectivity index (χ3v) is 3.06. The zero-order valence-corrected chi connectivity index (χ0v) is 12.0. The van der Waals surface area contributed by atoms with Gasteiger partial charge in [0, 0.05) is 25.1 Å². The van der Waals surface area contributed by atoms with Gasteiger partial charge >= 0.3 is 0 Å². The topological polar surface area (TPSA) is 85.4 Å². The van der Waals surface area contributed by atoms with Crippen molar-refractivity contribution in [1.29, 1.82) is 0 Å². The Morgan fingerprint density at radius 2 is 2.11 bits per heavy atom. The highest BCUT2D eigenvalue weighted by atomic mass is 32.2. The maximum atomic E-state index is 11.7. The molecule has 1 rings (SSSR count). The molecule has 6 nitrogen and oxygen atoms in total. The van der Waals surface area contributed by atoms with E-state index in [-0.39, 0.29) is 24.3 Å². The van der Waals surface area contributed by atoms with Crippen LogP contribution in [0.2, 0.25) is 0 Å². The van der Waals surface area contributed by atoms with Gasteiger partial charge in [-0.15, -0.1) is 0 Å². The summed E-state index contributed by atoms with van der Waals surface area (Å²) in [5, 5.41) is 2.52. The van der Waals surface area contributed by atoms with Gasteiger partial charge in [0.1, 0.15) is 9.84 Å². The van der Waals surface area contributed by atoms with E-state index in [1.54, 1.807) is 12.1 Å². The number of carbonyl (C=O) groups excluding carboxylic acids is 1. The van der Waals surface area contributed by atoms with E-state index in [2.05, 4.69) is 10.3 Å². The van der Waals surface area contributed by atoms with Crippen molar-refractivity contribution >= 4 is 15.7 Å². The Labute approximate surface area is 113 Å². The van der Waals surface area contributed by atoms with Crippen molar-refractivity contribution in [3.63, 3.8) is 0 Å². The first-order valence-electron chi connectivity index (χ1n) is 5.86. The van der Waals surface area contributed by atoms with Gasteiger partial charge in [0.05, 0.1) is 17.4 Å². The highest BCUT2D eigenvalue weighted by molar-refractivity contribution is 7.90. The molecule has 0 radical (unpaired) electrons. The fourth-order valence-corrected chi connectivity index (χ4v) is 1.75. The van der Waals surface area contributed by atoms with Crippen molar-refractivity contribution < 1.29 is 17.9 Å². The summed E-state index contributed by atoms with van der Waals surface area (Å²) in [5.41, 5.74) is 0.365. The van der Waals surface area contributed by atoms with E-state index < -0.39 is 9.84 Å². The number of aromatic nitrogens is 1. The Morgan fingerprint density at radius 1 is 1.42 bits per heavy atom. The fourth-order valence-electron chi connectivity index (χ4n) is 1.28. The standard InChI is InChI=1S/C12H18N2O4S/c1-9(2)18-11-5-4-10(8-14-11)12(15)13-6-7-19(3,16)17/h4-5,8-9H,6-7H2,1-3H3,(H,13,15). The summed E-state index contributed by atoms with van der Waals surface area (Å²) in [6.45, 7) is 3.85. The van der Waals surface area contributed by atoms with Crippen molar-refractivity contribution in [1.82, 2.24) is 10.3 Å². The van der Waals surface area contributed by atoms with Gasteiger partial charge in [0.2, 0.25) is 5.88 Å². The van der Waals surface area contributed by atoms with Crippen molar-refractivity contribution in [2.45, 2.75) is 20.0 Å². The van der Waals surface area contributed by atoms with E-state index in [0.29, 0.717) is 11.4 Å². The molecule has 1 aromatic heterocycles. The lowest BCUT2D eigenvalue weighted by atomic mass is 10.2. The number of hydrogen-bond donors (Lipinski definition) is 1. The first kappa shape index (κ1) is 15.4. The molecule has 1 N–H and O–H groups in total. The van der Waals surface area contributed by atoms with Gasteiger partial charge in [0.15, 0.2) is 0 Å². The molecule has 0 fully saturated rings. The van der Waals surface area contributed by atoms with Crippen LogP contribution in [0.1, 0.15) is 24.2 Å². The maximum absolute atomic E-state index is 11.7. The van der Waals surface area contributed by atoms with Crippen LogP contribution in [0.3, 0.4) is 0 Å². The Bertz CT molecular complexity index is 523. The minimum Gasteiger partial charge on any atom is -0.475 e. The van der Waals surface area contributed by atoms with Crippen LogP contribution in [-0.2, 0) is 9.84 Å². The molecule has 19 heavy (non-hydrogen) atoms. The van der Waals surface area contributed by atoms with Crippen molar-refractivity contribution in [2.24, 2.45) is 0 Å². The number of ether oxygens (including phenoxy) is 1. The minimum absolute atomic E-state index is 0.0157. The number of carbonyl (C=O) groups is 1. The molecule has 0 bridgehead atoms. The Morgan fingerprint density at radius 3 is 2.58 bits per heavy atom. The molecule has 0 aliphatic carbocycles. The number of pyridine rings is 1. The van der Waals surface area contributed by atoms with Crippen molar-refractivity contribution in [3.05, 3.63) is 23.9 Å². The predicted molar refractivity (Wildman–Crippen MR) is 72.0 cm³/mol. The summed E-state index contributed by atoms with van der Waals surface area (Å²) < 4.78 is 27.2. The second kappa shape index (κ2) is 6.51. The molecular weight excluding hydrogens is 268 g/mol. The lowest BCUT2D eigenvalue weighted by Gasteiger charge is -2.09. The lowest BCUT2D eigenvalue weighted by Crippen LogP contribution is -2.28. The highest BCUT2D eigenvalue weighted by Crippen LogP contribution is 2.09. The molecule has 0 saturated heterocycles. The Balaban J connectivity index is 2.53. The Hall–Kier alpha value is -1.63. The highest BCUT2D eigenvalue weighted by Gasteiger charge is 2.08. The van der Waals surface area contributed by atoms with Gasteiger partial charge in [-0.3, -0.25) is 4.79 Å². The largest absolute Gasteiger partial charge is 0.475 e. The van der Waals surface area contributed by atoms with E-state index in [9.17, 15) is 13.2 Å². The van der Waals surface area contributed by atoms with Crippen LogP contribution in [0.25, 0.3) is 0 Å². The number of sulfone groups is 1. The molecule has 1 heterocycles. The molecule has 0 atom stereocenters. The van der Waals surface area contributed by atoms with Crippen LogP contribution in [-0.4, -0.2) is 44.0 Å². The number of nitrogens with one attached hydrogen (secondary N) is 1. The normalized spacial score (nSPS) is 11.4. The first-order chi connectivity index (χ1) is 8.78. The summed E-state index contributed by atoms with van der Waals surface area (Å²) in [6.07, 6.45) is 2.54. The number of rotatable bonds is 6. The molecule has 0 unspecified atom stereocenters. The van der Waals surface area contributed by atoms with Gasteiger partial charge in [-0.25, -0.2) is 13.4 Å². The van der Waals surface area contributed by atoms with E-state index in [4.69, 9.17) is 4.74 Å². The average molecular weight is 286 g/mol. The lowest BCUT2D eigenvalue weighted by molar-refractivity contribution is 0.0955. The van der Waals surface area contributed by atoms with Crippen LogP contribution < -0.4 is 10.1 Å². The molecule has 1 amide bonds. The number of hydrogen-bond acceptors (Lipinski definition) is 5. The van der Waals surface area contributed by atoms with Gasteiger partial charge in [-0.05, 0) is 19.9 Å². The van der Waals surface area contributed by atoms with Gasteiger partial charge in [-0.2, -0.15) is 0 Å². The van der Waals surface area contributed by atoms with E-state index in [1.807, 2.05) is 13.8 Å². The Kier molecular flexibility index (Phi) is 5.29. The summed E-state index contributed by atoms with van der Waals surface area (Å²) in [7, 11) is -3.07. The smallest absolute Gasteiger partial charge is 0.252 e. The van der Waals surface area contributed by atoms with Crippen LogP contribution in [0.5, 0.6) is 5.88 Å². The molecule has 0 spiro atoms. The molecule has 7 heteroatoms. The zero-order valence-electron chi connectivity index (χ0n) is 11.2. The summed E-state index contributed by atoms with van der Waals surface area (Å²) in [5.74, 6) is 0.00990. The summed E-state index contributed by atoms with van der Waals surface area (Å²) in [4.78, 5) is 15.7. The second-order valence-corrected chi connectivity index (χ2v) is 6.70. The molecule has 0 aliphatic heterocycles. The monoisotopic (exact) mass is 286 g/mol.